The lowest BCUT2D eigenvalue weighted by molar-refractivity contribution is 0.106. The minimum atomic E-state index is -0.485. The van der Waals surface area contributed by atoms with E-state index in [0.29, 0.717) is 6.54 Å². The number of hydrogen-bond donors (Lipinski definition) is 1. The highest BCUT2D eigenvalue weighted by atomic mass is 19.1. The first-order valence-electron chi connectivity index (χ1n) is 7.87. The summed E-state index contributed by atoms with van der Waals surface area (Å²) in [6.45, 7) is 3.64. The number of hydrogen-bond acceptors (Lipinski definition) is 2. The summed E-state index contributed by atoms with van der Waals surface area (Å²) in [5.41, 5.74) is 3.28. The Kier molecular flexibility index (Phi) is 4.55. The molecule has 1 fully saturated rings. The molecular weight excluding hydrogens is 277 g/mol. The van der Waals surface area contributed by atoms with Gasteiger partial charge in [0.1, 0.15) is 5.82 Å². The summed E-state index contributed by atoms with van der Waals surface area (Å²) in [5.74, 6) is -0.201. The Morgan fingerprint density at radius 2 is 1.82 bits per heavy atom. The SMILES string of the molecule is Cc1ccc([C@@H](O)CN2CCC[C@H]2c2ccc(F)cc2)cc1. The van der Waals surface area contributed by atoms with E-state index in [9.17, 15) is 9.50 Å². The summed E-state index contributed by atoms with van der Waals surface area (Å²) in [6, 6.07) is 15.1. The second-order valence-corrected chi connectivity index (χ2v) is 6.13. The number of likely N-dealkylation sites (tertiary alicyclic amines) is 1. The summed E-state index contributed by atoms with van der Waals surface area (Å²) in [7, 11) is 0. The van der Waals surface area contributed by atoms with Gasteiger partial charge in [-0.05, 0) is 49.6 Å². The Morgan fingerprint density at radius 3 is 2.50 bits per heavy atom. The molecule has 1 N–H and O–H groups in total. The zero-order valence-electron chi connectivity index (χ0n) is 12.9. The van der Waals surface area contributed by atoms with E-state index in [-0.39, 0.29) is 11.9 Å². The van der Waals surface area contributed by atoms with Gasteiger partial charge in [-0.3, -0.25) is 4.90 Å². The second-order valence-electron chi connectivity index (χ2n) is 6.13. The molecular formula is C19H22FNO. The van der Waals surface area contributed by atoms with Gasteiger partial charge in [-0.15, -0.1) is 0 Å². The number of aliphatic hydroxyl groups excluding tert-OH is 1. The van der Waals surface area contributed by atoms with Crippen LogP contribution in [0.4, 0.5) is 4.39 Å². The van der Waals surface area contributed by atoms with Crippen LogP contribution in [0.15, 0.2) is 48.5 Å². The average molecular weight is 299 g/mol. The predicted molar refractivity (Wildman–Crippen MR) is 86.1 cm³/mol. The second kappa shape index (κ2) is 6.59. The summed E-state index contributed by atoms with van der Waals surface area (Å²) >= 11 is 0. The fraction of sp³-hybridized carbons (Fsp3) is 0.368. The van der Waals surface area contributed by atoms with Crippen LogP contribution in [0.3, 0.4) is 0 Å². The normalized spacial score (nSPS) is 20.2. The summed E-state index contributed by atoms with van der Waals surface area (Å²) in [4.78, 5) is 2.30. The quantitative estimate of drug-likeness (QED) is 0.922. The molecule has 116 valence electrons. The Bertz CT molecular complexity index is 608. The molecule has 0 aliphatic carbocycles. The van der Waals surface area contributed by atoms with E-state index in [2.05, 4.69) is 4.90 Å². The molecule has 0 saturated carbocycles. The minimum absolute atomic E-state index is 0.201. The van der Waals surface area contributed by atoms with Crippen molar-refractivity contribution >= 4 is 0 Å². The highest BCUT2D eigenvalue weighted by Gasteiger charge is 2.27. The fourth-order valence-corrected chi connectivity index (χ4v) is 3.22. The first-order valence-corrected chi connectivity index (χ1v) is 7.87. The molecule has 0 spiro atoms. The fourth-order valence-electron chi connectivity index (χ4n) is 3.22. The first kappa shape index (κ1) is 15.2. The molecule has 0 unspecified atom stereocenters. The highest BCUT2D eigenvalue weighted by molar-refractivity contribution is 5.24. The maximum absolute atomic E-state index is 13.1. The van der Waals surface area contributed by atoms with Crippen molar-refractivity contribution in [1.82, 2.24) is 4.90 Å². The van der Waals surface area contributed by atoms with E-state index < -0.39 is 6.10 Å². The Hall–Kier alpha value is -1.71. The number of aliphatic hydroxyl groups is 1. The molecule has 22 heavy (non-hydrogen) atoms. The van der Waals surface area contributed by atoms with Crippen molar-refractivity contribution in [1.29, 1.82) is 0 Å². The molecule has 1 saturated heterocycles. The standard InChI is InChI=1S/C19H22FNO/c1-14-4-6-16(7-5-14)19(22)13-21-12-2-3-18(21)15-8-10-17(20)11-9-15/h4-11,18-19,22H,2-3,12-13H2,1H3/t18-,19-/m0/s1. The lowest BCUT2D eigenvalue weighted by Crippen LogP contribution is -2.28. The lowest BCUT2D eigenvalue weighted by Gasteiger charge is -2.27. The molecule has 2 nitrogen and oxygen atoms in total. The molecule has 1 aliphatic heterocycles. The van der Waals surface area contributed by atoms with Crippen LogP contribution >= 0.6 is 0 Å². The zero-order chi connectivity index (χ0) is 15.5. The van der Waals surface area contributed by atoms with Crippen molar-refractivity contribution in [2.45, 2.75) is 31.9 Å². The van der Waals surface area contributed by atoms with Crippen LogP contribution in [0.25, 0.3) is 0 Å². The van der Waals surface area contributed by atoms with Crippen molar-refractivity contribution in [3.05, 3.63) is 71.0 Å². The van der Waals surface area contributed by atoms with Gasteiger partial charge in [-0.1, -0.05) is 42.0 Å². The third-order valence-corrected chi connectivity index (χ3v) is 4.49. The highest BCUT2D eigenvalue weighted by Crippen LogP contribution is 2.33. The van der Waals surface area contributed by atoms with Gasteiger partial charge in [-0.25, -0.2) is 4.39 Å². The molecule has 2 aromatic rings. The smallest absolute Gasteiger partial charge is 0.123 e. The molecule has 0 amide bonds. The molecule has 2 aromatic carbocycles. The van der Waals surface area contributed by atoms with Crippen LogP contribution in [0, 0.1) is 12.7 Å². The van der Waals surface area contributed by atoms with E-state index >= 15 is 0 Å². The topological polar surface area (TPSA) is 23.5 Å². The van der Waals surface area contributed by atoms with Crippen LogP contribution in [0.1, 0.15) is 41.7 Å². The van der Waals surface area contributed by atoms with Gasteiger partial charge >= 0.3 is 0 Å². The van der Waals surface area contributed by atoms with Gasteiger partial charge in [0.15, 0.2) is 0 Å². The molecule has 3 heteroatoms. The lowest BCUT2D eigenvalue weighted by atomic mass is 10.0. The minimum Gasteiger partial charge on any atom is -0.387 e. The van der Waals surface area contributed by atoms with Gasteiger partial charge in [0.2, 0.25) is 0 Å². The van der Waals surface area contributed by atoms with Crippen molar-refractivity contribution in [2.75, 3.05) is 13.1 Å². The van der Waals surface area contributed by atoms with Crippen molar-refractivity contribution in [2.24, 2.45) is 0 Å². The number of aryl methyl sites for hydroxylation is 1. The molecule has 1 heterocycles. The van der Waals surface area contributed by atoms with Gasteiger partial charge in [0, 0.05) is 12.6 Å². The van der Waals surface area contributed by atoms with Crippen molar-refractivity contribution in [3.63, 3.8) is 0 Å². The predicted octanol–water partition coefficient (Wildman–Crippen LogP) is 4.00. The van der Waals surface area contributed by atoms with Crippen LogP contribution in [0.5, 0.6) is 0 Å². The maximum atomic E-state index is 13.1. The maximum Gasteiger partial charge on any atom is 0.123 e. The summed E-state index contributed by atoms with van der Waals surface area (Å²) < 4.78 is 13.1. The van der Waals surface area contributed by atoms with Gasteiger partial charge < -0.3 is 5.11 Å². The van der Waals surface area contributed by atoms with E-state index in [0.717, 1.165) is 30.5 Å². The van der Waals surface area contributed by atoms with Crippen molar-refractivity contribution < 1.29 is 9.50 Å². The molecule has 2 atom stereocenters. The largest absolute Gasteiger partial charge is 0.387 e. The van der Waals surface area contributed by atoms with Gasteiger partial charge in [-0.2, -0.15) is 0 Å². The molecule has 0 radical (unpaired) electrons. The molecule has 0 aromatic heterocycles. The van der Waals surface area contributed by atoms with Crippen molar-refractivity contribution in [3.8, 4) is 0 Å². The first-order chi connectivity index (χ1) is 10.6. The van der Waals surface area contributed by atoms with Crippen LogP contribution < -0.4 is 0 Å². The van der Waals surface area contributed by atoms with Gasteiger partial charge in [0.25, 0.3) is 0 Å². The van der Waals surface area contributed by atoms with E-state index in [1.807, 2.05) is 43.3 Å². The monoisotopic (exact) mass is 299 g/mol. The average Bonchev–Trinajstić information content (AvgIpc) is 2.97. The van der Waals surface area contributed by atoms with Crippen LogP contribution in [-0.4, -0.2) is 23.1 Å². The molecule has 0 bridgehead atoms. The molecule has 1 aliphatic rings. The van der Waals surface area contributed by atoms with Gasteiger partial charge in [0.05, 0.1) is 6.10 Å². The Labute approximate surface area is 131 Å². The van der Waals surface area contributed by atoms with E-state index in [4.69, 9.17) is 0 Å². The third-order valence-electron chi connectivity index (χ3n) is 4.49. The third kappa shape index (κ3) is 3.37. The van der Waals surface area contributed by atoms with E-state index in [1.54, 1.807) is 0 Å². The van der Waals surface area contributed by atoms with Crippen LogP contribution in [0.2, 0.25) is 0 Å². The number of β-amino-alcohol motifs (C(OH)–C–C–N with tert-alkyl or cyclic N) is 1. The number of benzene rings is 2. The Balaban J connectivity index is 1.70. The number of rotatable bonds is 4. The zero-order valence-corrected chi connectivity index (χ0v) is 12.9. The number of nitrogens with zero attached hydrogens (tertiary/aromatic N) is 1. The molecule has 3 rings (SSSR count). The van der Waals surface area contributed by atoms with E-state index in [1.165, 1.54) is 17.7 Å². The summed E-state index contributed by atoms with van der Waals surface area (Å²) in [5, 5.41) is 10.5. The Morgan fingerprint density at radius 1 is 1.14 bits per heavy atom. The number of halogens is 1. The summed E-state index contributed by atoms with van der Waals surface area (Å²) in [6.07, 6.45) is 1.69. The van der Waals surface area contributed by atoms with Crippen LogP contribution in [-0.2, 0) is 0 Å².